The topological polar surface area (TPSA) is 96.7 Å². The van der Waals surface area contributed by atoms with E-state index in [4.69, 9.17) is 4.74 Å². The fraction of sp³-hybridized carbons (Fsp3) is 0.654. The number of aliphatic hydroxyl groups is 1. The molecule has 0 spiro atoms. The Balaban J connectivity index is 1.77. The minimum atomic E-state index is -0.805. The second-order valence-electron chi connectivity index (χ2n) is 11.3. The molecule has 188 valence electrons. The molecule has 8 heteroatoms. The Hall–Kier alpha value is -2.61. The van der Waals surface area contributed by atoms with E-state index >= 15 is 0 Å². The van der Waals surface area contributed by atoms with Crippen LogP contribution >= 0.6 is 0 Å². The van der Waals surface area contributed by atoms with Crippen molar-refractivity contribution in [3.63, 3.8) is 0 Å². The van der Waals surface area contributed by atoms with E-state index in [1.165, 1.54) is 0 Å². The van der Waals surface area contributed by atoms with Crippen molar-refractivity contribution in [3.8, 4) is 0 Å². The summed E-state index contributed by atoms with van der Waals surface area (Å²) < 4.78 is 7.53. The number of amides is 2. The van der Waals surface area contributed by atoms with Gasteiger partial charge in [-0.15, -0.1) is 0 Å². The highest BCUT2D eigenvalue weighted by molar-refractivity contribution is 6.05. The smallest absolute Gasteiger partial charge is 0.410 e. The van der Waals surface area contributed by atoms with Crippen molar-refractivity contribution < 1.29 is 19.4 Å². The Morgan fingerprint density at radius 3 is 2.47 bits per heavy atom. The van der Waals surface area contributed by atoms with E-state index in [0.717, 1.165) is 23.7 Å². The van der Waals surface area contributed by atoms with Crippen molar-refractivity contribution in [1.82, 2.24) is 20.0 Å². The molecule has 0 saturated carbocycles. The Kier molecular flexibility index (Phi) is 7.60. The molecule has 2 amide bonds. The highest BCUT2D eigenvalue weighted by atomic mass is 16.6. The van der Waals surface area contributed by atoms with Crippen molar-refractivity contribution in [3.05, 3.63) is 30.0 Å². The lowest BCUT2D eigenvalue weighted by molar-refractivity contribution is -0.00129. The number of nitrogens with zero attached hydrogens (tertiary/aromatic N) is 3. The third kappa shape index (κ3) is 6.50. The molecule has 2 atom stereocenters. The lowest BCUT2D eigenvalue weighted by Crippen LogP contribution is -2.55. The maximum Gasteiger partial charge on any atom is 0.410 e. The van der Waals surface area contributed by atoms with E-state index in [0.29, 0.717) is 25.1 Å². The molecule has 1 aliphatic heterocycles. The minimum absolute atomic E-state index is 0.0459. The van der Waals surface area contributed by atoms with Crippen LogP contribution in [-0.2, 0) is 4.74 Å². The molecule has 2 N–H and O–H groups in total. The number of fused-ring (bicyclic) bond motifs is 1. The minimum Gasteiger partial charge on any atom is -0.444 e. The summed E-state index contributed by atoms with van der Waals surface area (Å²) in [6.07, 6.45) is 2.33. The van der Waals surface area contributed by atoms with Crippen molar-refractivity contribution in [2.45, 2.75) is 103 Å². The number of ether oxygens (including phenoxy) is 1. The lowest BCUT2D eigenvalue weighted by Gasteiger charge is -2.41. The van der Waals surface area contributed by atoms with Crippen LogP contribution in [0.3, 0.4) is 0 Å². The monoisotopic (exact) mass is 472 g/mol. The molecule has 2 heterocycles. The number of nitrogens with one attached hydrogen (secondary N) is 1. The van der Waals surface area contributed by atoms with Gasteiger partial charge in [0, 0.05) is 30.1 Å². The average molecular weight is 473 g/mol. The number of likely N-dealkylation sites (tertiary alicyclic amines) is 1. The Morgan fingerprint density at radius 2 is 1.85 bits per heavy atom. The van der Waals surface area contributed by atoms with Gasteiger partial charge in [0.05, 0.1) is 11.1 Å². The summed E-state index contributed by atoms with van der Waals surface area (Å²) in [5, 5.41) is 18.7. The fourth-order valence-electron chi connectivity index (χ4n) is 4.41. The van der Waals surface area contributed by atoms with Gasteiger partial charge in [-0.1, -0.05) is 18.2 Å². The molecule has 34 heavy (non-hydrogen) atoms. The van der Waals surface area contributed by atoms with Crippen LogP contribution in [0.25, 0.3) is 10.9 Å². The highest BCUT2D eigenvalue weighted by Crippen LogP contribution is 2.27. The van der Waals surface area contributed by atoms with E-state index < -0.39 is 11.2 Å². The standard InChI is InChI=1S/C26H40N4O4/c1-17(2)30-21-11-9-8-10-20(21)22(28-30)23(31)27-18-12-13-19(14-15-26(6,7)33)29(16-18)24(32)34-25(3,4)5/h8-11,17-19,33H,12-16H2,1-7H3,(H,27,31)/t18-,19-/m1/s1. The molecule has 1 saturated heterocycles. The Bertz CT molecular complexity index is 1020. The van der Waals surface area contributed by atoms with Crippen LogP contribution in [0.1, 0.15) is 90.7 Å². The van der Waals surface area contributed by atoms with Crippen LogP contribution < -0.4 is 5.32 Å². The van der Waals surface area contributed by atoms with Crippen LogP contribution in [0.15, 0.2) is 24.3 Å². The van der Waals surface area contributed by atoms with E-state index in [1.807, 2.05) is 63.6 Å². The van der Waals surface area contributed by atoms with Crippen LogP contribution in [0, 0.1) is 0 Å². The summed E-state index contributed by atoms with van der Waals surface area (Å²) in [6, 6.07) is 7.60. The average Bonchev–Trinajstić information content (AvgIpc) is 3.11. The first-order valence-electron chi connectivity index (χ1n) is 12.3. The number of hydrogen-bond donors (Lipinski definition) is 2. The summed E-state index contributed by atoms with van der Waals surface area (Å²) in [6.45, 7) is 13.5. The first kappa shape index (κ1) is 26.0. The predicted molar refractivity (Wildman–Crippen MR) is 133 cm³/mol. The van der Waals surface area contributed by atoms with Crippen molar-refractivity contribution in [1.29, 1.82) is 0 Å². The third-order valence-electron chi connectivity index (χ3n) is 6.08. The van der Waals surface area contributed by atoms with Crippen LogP contribution in [-0.4, -0.2) is 61.6 Å². The predicted octanol–water partition coefficient (Wildman–Crippen LogP) is 4.67. The summed E-state index contributed by atoms with van der Waals surface area (Å²) in [4.78, 5) is 28.0. The summed E-state index contributed by atoms with van der Waals surface area (Å²) >= 11 is 0. The first-order valence-corrected chi connectivity index (χ1v) is 12.3. The number of piperidine rings is 1. The zero-order chi connectivity index (χ0) is 25.3. The Labute approximate surface area is 202 Å². The normalized spacial score (nSPS) is 19.5. The van der Waals surface area contributed by atoms with Gasteiger partial charge in [0.15, 0.2) is 5.69 Å². The molecular formula is C26H40N4O4. The number of para-hydroxylation sites is 1. The number of rotatable bonds is 6. The van der Waals surface area contributed by atoms with Gasteiger partial charge < -0.3 is 20.1 Å². The summed E-state index contributed by atoms with van der Waals surface area (Å²) in [5.74, 6) is -0.236. The van der Waals surface area contributed by atoms with Crippen LogP contribution in [0.5, 0.6) is 0 Å². The summed E-state index contributed by atoms with van der Waals surface area (Å²) in [7, 11) is 0. The molecule has 1 fully saturated rings. The number of hydrogen-bond acceptors (Lipinski definition) is 5. The molecule has 8 nitrogen and oxygen atoms in total. The van der Waals surface area contributed by atoms with E-state index in [1.54, 1.807) is 18.7 Å². The largest absolute Gasteiger partial charge is 0.444 e. The molecule has 0 aliphatic carbocycles. The van der Waals surface area contributed by atoms with E-state index in [2.05, 4.69) is 10.4 Å². The van der Waals surface area contributed by atoms with Gasteiger partial charge in [0.25, 0.3) is 5.91 Å². The first-order chi connectivity index (χ1) is 15.7. The molecular weight excluding hydrogens is 432 g/mol. The zero-order valence-corrected chi connectivity index (χ0v) is 21.6. The highest BCUT2D eigenvalue weighted by Gasteiger charge is 2.36. The lowest BCUT2D eigenvalue weighted by atomic mass is 9.91. The molecule has 0 unspecified atom stereocenters. The SMILES string of the molecule is CC(C)n1nc(C(=O)N[C@@H]2CC[C@H](CCC(C)(C)O)N(C(=O)OC(C)(C)C)C2)c2ccccc21. The zero-order valence-electron chi connectivity index (χ0n) is 21.6. The number of benzene rings is 1. The summed E-state index contributed by atoms with van der Waals surface area (Å²) in [5.41, 5.74) is -0.0944. The van der Waals surface area contributed by atoms with Crippen molar-refractivity contribution in [2.24, 2.45) is 0 Å². The van der Waals surface area contributed by atoms with Crippen LogP contribution in [0.2, 0.25) is 0 Å². The van der Waals surface area contributed by atoms with Gasteiger partial charge in [0.1, 0.15) is 5.60 Å². The van der Waals surface area contributed by atoms with Gasteiger partial charge in [0.2, 0.25) is 0 Å². The van der Waals surface area contributed by atoms with Crippen molar-refractivity contribution in [2.75, 3.05) is 6.54 Å². The molecule has 3 rings (SSSR count). The Morgan fingerprint density at radius 1 is 1.18 bits per heavy atom. The van der Waals surface area contributed by atoms with E-state index in [9.17, 15) is 14.7 Å². The molecule has 1 aliphatic rings. The maximum absolute atomic E-state index is 13.3. The second kappa shape index (κ2) is 9.94. The number of aromatic nitrogens is 2. The van der Waals surface area contributed by atoms with Gasteiger partial charge in [-0.25, -0.2) is 4.79 Å². The molecule has 2 aromatic rings. The quantitative estimate of drug-likeness (QED) is 0.637. The van der Waals surface area contributed by atoms with E-state index in [-0.39, 0.29) is 30.1 Å². The fourth-order valence-corrected chi connectivity index (χ4v) is 4.41. The second-order valence-corrected chi connectivity index (χ2v) is 11.3. The maximum atomic E-state index is 13.3. The molecule has 1 aromatic heterocycles. The number of carbonyl (C=O) groups excluding carboxylic acids is 2. The molecule has 0 radical (unpaired) electrons. The van der Waals surface area contributed by atoms with Crippen LogP contribution in [0.4, 0.5) is 4.79 Å². The van der Waals surface area contributed by atoms with Gasteiger partial charge >= 0.3 is 6.09 Å². The van der Waals surface area contributed by atoms with Gasteiger partial charge in [-0.05, 0) is 80.2 Å². The third-order valence-corrected chi connectivity index (χ3v) is 6.08. The molecule has 1 aromatic carbocycles. The van der Waals surface area contributed by atoms with Gasteiger partial charge in [-0.2, -0.15) is 5.10 Å². The van der Waals surface area contributed by atoms with Gasteiger partial charge in [-0.3, -0.25) is 9.48 Å². The molecule has 0 bridgehead atoms. The van der Waals surface area contributed by atoms with Crippen molar-refractivity contribution >= 4 is 22.9 Å². The number of carbonyl (C=O) groups is 2.